The van der Waals surface area contributed by atoms with Crippen LogP contribution in [0, 0.1) is 18.8 Å². The summed E-state index contributed by atoms with van der Waals surface area (Å²) in [5.74, 6) is 5.79. The number of rotatable bonds is 3. The summed E-state index contributed by atoms with van der Waals surface area (Å²) >= 11 is 1.62. The number of aromatic nitrogens is 2. The smallest absolute Gasteiger partial charge is 0.134 e. The van der Waals surface area contributed by atoms with Gasteiger partial charge >= 0.3 is 0 Å². The lowest BCUT2D eigenvalue weighted by molar-refractivity contribution is 0.613. The minimum Gasteiger partial charge on any atom is -0.297 e. The third-order valence-corrected chi connectivity index (χ3v) is 2.61. The van der Waals surface area contributed by atoms with E-state index >= 15 is 0 Å². The molecule has 3 nitrogen and oxygen atoms in total. The molecule has 0 fully saturated rings. The Balaban J connectivity index is 2.47. The molecule has 0 saturated carbocycles. The van der Waals surface area contributed by atoms with E-state index in [1.54, 1.807) is 11.3 Å². The molecule has 70 valence electrons. The quantitative estimate of drug-likeness (QED) is 0.743. The van der Waals surface area contributed by atoms with Gasteiger partial charge in [-0.1, -0.05) is 5.92 Å². The molecular weight excluding hydrogens is 182 g/mol. The summed E-state index contributed by atoms with van der Waals surface area (Å²) in [7, 11) is 0. The van der Waals surface area contributed by atoms with Crippen molar-refractivity contribution in [3.63, 3.8) is 0 Å². The highest BCUT2D eigenvalue weighted by atomic mass is 32.1. The maximum absolute atomic E-state index is 4.05. The van der Waals surface area contributed by atoms with Gasteiger partial charge in [-0.2, -0.15) is 0 Å². The van der Waals surface area contributed by atoms with Crippen molar-refractivity contribution >= 4 is 11.3 Å². The standard InChI is InChI=1S/C9H13N3S/c1-4-5-6-10-7(2)9-12-11-8(3)13-9/h7,10H,6H2,1-3H3. The fourth-order valence-electron chi connectivity index (χ4n) is 0.867. The Labute approximate surface area is 82.6 Å². The van der Waals surface area contributed by atoms with Crippen LogP contribution in [0.15, 0.2) is 0 Å². The fourth-order valence-corrected chi connectivity index (χ4v) is 1.59. The second kappa shape index (κ2) is 4.95. The lowest BCUT2D eigenvalue weighted by Crippen LogP contribution is -2.18. The van der Waals surface area contributed by atoms with E-state index in [4.69, 9.17) is 0 Å². The Kier molecular flexibility index (Phi) is 3.87. The molecule has 1 atom stereocenters. The van der Waals surface area contributed by atoms with E-state index in [1.807, 2.05) is 13.8 Å². The minimum atomic E-state index is 0.243. The molecule has 4 heteroatoms. The van der Waals surface area contributed by atoms with E-state index in [9.17, 15) is 0 Å². The van der Waals surface area contributed by atoms with Gasteiger partial charge in [-0.3, -0.25) is 5.32 Å². The zero-order valence-corrected chi connectivity index (χ0v) is 8.90. The number of nitrogens with zero attached hydrogens (tertiary/aromatic N) is 2. The molecule has 13 heavy (non-hydrogen) atoms. The average Bonchev–Trinajstić information content (AvgIpc) is 2.52. The molecule has 1 heterocycles. The predicted octanol–water partition coefficient (Wildman–Crippen LogP) is 1.52. The van der Waals surface area contributed by atoms with Crippen LogP contribution in [0.1, 0.15) is 29.9 Å². The Bertz CT molecular complexity index is 321. The van der Waals surface area contributed by atoms with Gasteiger partial charge < -0.3 is 0 Å². The van der Waals surface area contributed by atoms with Crippen molar-refractivity contribution < 1.29 is 0 Å². The van der Waals surface area contributed by atoms with Crippen molar-refractivity contribution in [2.45, 2.75) is 26.8 Å². The van der Waals surface area contributed by atoms with E-state index in [0.29, 0.717) is 6.54 Å². The van der Waals surface area contributed by atoms with Gasteiger partial charge in [0.25, 0.3) is 0 Å². The Morgan fingerprint density at radius 3 is 2.85 bits per heavy atom. The summed E-state index contributed by atoms with van der Waals surface area (Å²) in [5, 5.41) is 13.3. The molecule has 0 radical (unpaired) electrons. The normalized spacial score (nSPS) is 11.9. The van der Waals surface area contributed by atoms with Crippen LogP contribution in [0.5, 0.6) is 0 Å². The molecule has 1 N–H and O–H groups in total. The number of nitrogens with one attached hydrogen (secondary N) is 1. The molecule has 1 rings (SSSR count). The number of aryl methyl sites for hydroxylation is 1. The first-order valence-corrected chi connectivity index (χ1v) is 4.98. The molecule has 0 aromatic carbocycles. The van der Waals surface area contributed by atoms with Crippen LogP contribution in [-0.4, -0.2) is 16.7 Å². The summed E-state index contributed by atoms with van der Waals surface area (Å²) in [5.41, 5.74) is 0. The first kappa shape index (κ1) is 10.2. The number of hydrogen-bond donors (Lipinski definition) is 1. The molecule has 1 unspecified atom stereocenters. The summed E-state index contributed by atoms with van der Waals surface area (Å²) in [6.45, 7) is 6.56. The van der Waals surface area contributed by atoms with Gasteiger partial charge in [0.15, 0.2) is 0 Å². The van der Waals surface area contributed by atoms with E-state index in [1.165, 1.54) is 0 Å². The molecule has 1 aromatic rings. The molecular formula is C9H13N3S. The summed E-state index contributed by atoms with van der Waals surface area (Å²) in [6.07, 6.45) is 0. The van der Waals surface area contributed by atoms with Gasteiger partial charge in [-0.05, 0) is 20.8 Å². The van der Waals surface area contributed by atoms with Crippen LogP contribution in [0.4, 0.5) is 0 Å². The number of hydrogen-bond acceptors (Lipinski definition) is 4. The van der Waals surface area contributed by atoms with Crippen LogP contribution in [0.25, 0.3) is 0 Å². The summed E-state index contributed by atoms with van der Waals surface area (Å²) in [4.78, 5) is 0. The molecule has 0 spiro atoms. The van der Waals surface area contributed by atoms with Gasteiger partial charge in [-0.25, -0.2) is 0 Å². The molecule has 0 saturated heterocycles. The van der Waals surface area contributed by atoms with Crippen molar-refractivity contribution in [3.8, 4) is 11.8 Å². The second-order valence-electron chi connectivity index (χ2n) is 2.69. The second-order valence-corrected chi connectivity index (χ2v) is 3.90. The summed E-state index contributed by atoms with van der Waals surface area (Å²) in [6, 6.07) is 0.243. The lowest BCUT2D eigenvalue weighted by atomic mass is 10.3. The highest BCUT2D eigenvalue weighted by Crippen LogP contribution is 2.16. The van der Waals surface area contributed by atoms with Gasteiger partial charge in [0.1, 0.15) is 10.0 Å². The molecule has 0 aliphatic heterocycles. The Morgan fingerprint density at radius 1 is 1.54 bits per heavy atom. The van der Waals surface area contributed by atoms with Crippen molar-refractivity contribution in [2.75, 3.05) is 6.54 Å². The minimum absolute atomic E-state index is 0.243. The Morgan fingerprint density at radius 2 is 2.31 bits per heavy atom. The van der Waals surface area contributed by atoms with Gasteiger partial charge in [0, 0.05) is 0 Å². The summed E-state index contributed by atoms with van der Waals surface area (Å²) < 4.78 is 0. The van der Waals surface area contributed by atoms with Crippen molar-refractivity contribution in [3.05, 3.63) is 10.0 Å². The first-order chi connectivity index (χ1) is 6.24. The third kappa shape index (κ3) is 3.13. The van der Waals surface area contributed by atoms with Crippen LogP contribution in [0.3, 0.4) is 0 Å². The SMILES string of the molecule is CC#CCNC(C)c1nnc(C)s1. The molecule has 1 aromatic heterocycles. The van der Waals surface area contributed by atoms with Gasteiger partial charge in [0.05, 0.1) is 12.6 Å². The highest BCUT2D eigenvalue weighted by Gasteiger charge is 2.08. The molecule has 0 amide bonds. The van der Waals surface area contributed by atoms with Crippen molar-refractivity contribution in [1.82, 2.24) is 15.5 Å². The van der Waals surface area contributed by atoms with Crippen molar-refractivity contribution in [2.24, 2.45) is 0 Å². The highest BCUT2D eigenvalue weighted by molar-refractivity contribution is 7.11. The average molecular weight is 195 g/mol. The van der Waals surface area contributed by atoms with Gasteiger partial charge in [0.2, 0.25) is 0 Å². The largest absolute Gasteiger partial charge is 0.297 e. The lowest BCUT2D eigenvalue weighted by Gasteiger charge is -2.05. The van der Waals surface area contributed by atoms with Crippen LogP contribution < -0.4 is 5.32 Å². The molecule has 0 aliphatic rings. The van der Waals surface area contributed by atoms with Crippen LogP contribution >= 0.6 is 11.3 Å². The fraction of sp³-hybridized carbons (Fsp3) is 0.556. The predicted molar refractivity (Wildman–Crippen MR) is 54.5 cm³/mol. The van der Waals surface area contributed by atoms with E-state index in [-0.39, 0.29) is 6.04 Å². The van der Waals surface area contributed by atoms with Crippen molar-refractivity contribution in [1.29, 1.82) is 0 Å². The Hall–Kier alpha value is -0.920. The first-order valence-electron chi connectivity index (χ1n) is 4.17. The zero-order valence-electron chi connectivity index (χ0n) is 8.09. The maximum atomic E-state index is 4.05. The van der Waals surface area contributed by atoms with E-state index < -0.39 is 0 Å². The molecule has 0 bridgehead atoms. The van der Waals surface area contributed by atoms with Gasteiger partial charge in [-0.15, -0.1) is 27.5 Å². The monoisotopic (exact) mass is 195 g/mol. The van der Waals surface area contributed by atoms with Crippen LogP contribution in [-0.2, 0) is 0 Å². The van der Waals surface area contributed by atoms with Crippen LogP contribution in [0.2, 0.25) is 0 Å². The van der Waals surface area contributed by atoms with E-state index in [0.717, 1.165) is 10.0 Å². The third-order valence-electron chi connectivity index (χ3n) is 1.59. The molecule has 0 aliphatic carbocycles. The topological polar surface area (TPSA) is 37.8 Å². The van der Waals surface area contributed by atoms with E-state index in [2.05, 4.69) is 34.3 Å². The zero-order chi connectivity index (χ0) is 9.68. The maximum Gasteiger partial charge on any atom is 0.134 e.